The van der Waals surface area contributed by atoms with E-state index in [-0.39, 0.29) is 18.0 Å². The van der Waals surface area contributed by atoms with E-state index in [1.807, 2.05) is 36.4 Å². The number of amides is 1. The van der Waals surface area contributed by atoms with Crippen molar-refractivity contribution in [2.75, 3.05) is 5.32 Å². The van der Waals surface area contributed by atoms with Crippen LogP contribution < -0.4 is 10.9 Å². The number of benzene rings is 2. The minimum absolute atomic E-state index is 0.0685. The number of hydrogen-bond acceptors (Lipinski definition) is 6. The van der Waals surface area contributed by atoms with E-state index in [1.54, 1.807) is 12.1 Å². The van der Waals surface area contributed by atoms with Crippen LogP contribution in [-0.2, 0) is 20.9 Å². The van der Waals surface area contributed by atoms with Crippen molar-refractivity contribution in [2.45, 2.75) is 45.8 Å². The van der Waals surface area contributed by atoms with E-state index < -0.39 is 23.5 Å². The van der Waals surface area contributed by atoms with Gasteiger partial charge in [-0.1, -0.05) is 44.2 Å². The van der Waals surface area contributed by atoms with Gasteiger partial charge in [-0.3, -0.25) is 19.0 Å². The maximum Gasteiger partial charge on any atom is 0.326 e. The third-order valence-corrected chi connectivity index (χ3v) is 5.69. The average molecular weight is 447 g/mol. The second kappa shape index (κ2) is 9.28. The van der Waals surface area contributed by atoms with Gasteiger partial charge in [0.05, 0.1) is 6.33 Å². The van der Waals surface area contributed by atoms with Gasteiger partial charge >= 0.3 is 5.97 Å². The third kappa shape index (κ3) is 4.50. The first-order chi connectivity index (χ1) is 15.9. The molecule has 4 aromatic rings. The number of rotatable bonds is 7. The second-order valence-electron chi connectivity index (χ2n) is 7.97. The van der Waals surface area contributed by atoms with Crippen LogP contribution in [0.2, 0.25) is 0 Å². The Balaban J connectivity index is 1.45. The molecule has 0 bridgehead atoms. The lowest BCUT2D eigenvalue weighted by atomic mass is 9.97. The van der Waals surface area contributed by atoms with E-state index in [1.165, 1.54) is 13.3 Å². The Labute approximate surface area is 190 Å². The number of anilines is 1. The van der Waals surface area contributed by atoms with Crippen LogP contribution in [0, 0.1) is 0 Å². The van der Waals surface area contributed by atoms with Gasteiger partial charge in [0.25, 0.3) is 11.5 Å². The van der Waals surface area contributed by atoms with Crippen molar-refractivity contribution < 1.29 is 18.7 Å². The SMILES string of the molecule is CCC(C)c1ccccc1NC(=O)C(C)OC(=O)Cn1cnc2c(oc3ccccc32)c1=O. The van der Waals surface area contributed by atoms with Gasteiger partial charge in [-0.25, -0.2) is 4.98 Å². The molecule has 0 aliphatic rings. The zero-order valence-electron chi connectivity index (χ0n) is 18.7. The van der Waals surface area contributed by atoms with E-state index in [0.29, 0.717) is 16.8 Å². The van der Waals surface area contributed by atoms with E-state index in [2.05, 4.69) is 24.1 Å². The number of carbonyl (C=O) groups is 2. The van der Waals surface area contributed by atoms with Crippen LogP contribution >= 0.6 is 0 Å². The topological polar surface area (TPSA) is 103 Å². The Bertz CT molecular complexity index is 1390. The van der Waals surface area contributed by atoms with Gasteiger partial charge < -0.3 is 14.5 Å². The highest BCUT2D eigenvalue weighted by Crippen LogP contribution is 2.27. The first-order valence-corrected chi connectivity index (χ1v) is 10.8. The van der Waals surface area contributed by atoms with E-state index >= 15 is 0 Å². The Hall–Kier alpha value is -3.94. The highest BCUT2D eigenvalue weighted by molar-refractivity contribution is 6.01. The summed E-state index contributed by atoms with van der Waals surface area (Å²) in [5.41, 5.74) is 2.26. The molecule has 4 rings (SSSR count). The van der Waals surface area contributed by atoms with Crippen LogP contribution in [0.4, 0.5) is 5.69 Å². The average Bonchev–Trinajstić information content (AvgIpc) is 3.20. The summed E-state index contributed by atoms with van der Waals surface area (Å²) >= 11 is 0. The van der Waals surface area contributed by atoms with Gasteiger partial charge in [-0.2, -0.15) is 0 Å². The summed E-state index contributed by atoms with van der Waals surface area (Å²) in [5, 5.41) is 3.56. The zero-order valence-corrected chi connectivity index (χ0v) is 18.7. The number of ether oxygens (including phenoxy) is 1. The minimum atomic E-state index is -1.04. The van der Waals surface area contributed by atoms with Gasteiger partial charge in [0, 0.05) is 11.1 Å². The molecular formula is C25H25N3O5. The van der Waals surface area contributed by atoms with Crippen LogP contribution in [-0.4, -0.2) is 27.5 Å². The number of carbonyl (C=O) groups excluding carboxylic acids is 2. The number of aromatic nitrogens is 2. The van der Waals surface area contributed by atoms with E-state index in [9.17, 15) is 14.4 Å². The maximum atomic E-state index is 12.8. The lowest BCUT2D eigenvalue weighted by molar-refractivity contribution is -0.153. The fraction of sp³-hybridized carbons (Fsp3) is 0.280. The van der Waals surface area contributed by atoms with Crippen molar-refractivity contribution >= 4 is 39.6 Å². The third-order valence-electron chi connectivity index (χ3n) is 5.69. The molecule has 33 heavy (non-hydrogen) atoms. The fourth-order valence-corrected chi connectivity index (χ4v) is 3.65. The van der Waals surface area contributed by atoms with Gasteiger partial charge in [0.2, 0.25) is 5.58 Å². The molecule has 1 amide bonds. The van der Waals surface area contributed by atoms with Crippen LogP contribution in [0.3, 0.4) is 0 Å². The molecule has 0 spiro atoms. The Morgan fingerprint density at radius 2 is 1.85 bits per heavy atom. The normalized spacial score (nSPS) is 13.1. The van der Waals surface area contributed by atoms with Gasteiger partial charge in [0.15, 0.2) is 6.10 Å². The van der Waals surface area contributed by atoms with Crippen molar-refractivity contribution in [3.63, 3.8) is 0 Å². The molecule has 0 aliphatic carbocycles. The maximum absolute atomic E-state index is 12.8. The van der Waals surface area contributed by atoms with Crippen molar-refractivity contribution in [3.8, 4) is 0 Å². The van der Waals surface area contributed by atoms with Gasteiger partial charge in [-0.15, -0.1) is 0 Å². The largest absolute Gasteiger partial charge is 0.451 e. The number of nitrogens with zero attached hydrogens (tertiary/aromatic N) is 2. The van der Waals surface area contributed by atoms with E-state index in [4.69, 9.17) is 9.15 Å². The summed E-state index contributed by atoms with van der Waals surface area (Å²) in [6.45, 7) is 5.26. The number of furan rings is 1. The quantitative estimate of drug-likeness (QED) is 0.425. The molecule has 0 saturated carbocycles. The molecule has 0 saturated heterocycles. The lowest BCUT2D eigenvalue weighted by Gasteiger charge is -2.18. The van der Waals surface area contributed by atoms with Gasteiger partial charge in [-0.05, 0) is 43.0 Å². The zero-order chi connectivity index (χ0) is 23.5. The number of nitrogens with one attached hydrogen (secondary N) is 1. The number of fused-ring (bicyclic) bond motifs is 3. The lowest BCUT2D eigenvalue weighted by Crippen LogP contribution is -2.33. The van der Waals surface area contributed by atoms with Crippen molar-refractivity contribution in [3.05, 3.63) is 70.8 Å². The Kier molecular flexibility index (Phi) is 6.26. The monoisotopic (exact) mass is 447 g/mol. The molecule has 2 aromatic carbocycles. The highest BCUT2D eigenvalue weighted by atomic mass is 16.5. The molecular weight excluding hydrogens is 422 g/mol. The van der Waals surface area contributed by atoms with E-state index in [0.717, 1.165) is 21.9 Å². The molecule has 0 fully saturated rings. The van der Waals surface area contributed by atoms with Crippen LogP contribution in [0.5, 0.6) is 0 Å². The summed E-state index contributed by atoms with van der Waals surface area (Å²) in [5.74, 6) is -0.906. The first-order valence-electron chi connectivity index (χ1n) is 10.8. The Morgan fingerprint density at radius 3 is 2.64 bits per heavy atom. The van der Waals surface area contributed by atoms with Crippen LogP contribution in [0.1, 0.15) is 38.7 Å². The Morgan fingerprint density at radius 1 is 1.12 bits per heavy atom. The fourth-order valence-electron chi connectivity index (χ4n) is 3.65. The first kappa shape index (κ1) is 22.3. The molecule has 170 valence electrons. The second-order valence-corrected chi connectivity index (χ2v) is 7.97. The molecule has 0 radical (unpaired) electrons. The molecule has 2 heterocycles. The summed E-state index contributed by atoms with van der Waals surface area (Å²) < 4.78 is 12.0. The summed E-state index contributed by atoms with van der Waals surface area (Å²) in [4.78, 5) is 42.1. The van der Waals surface area contributed by atoms with Gasteiger partial charge in [0.1, 0.15) is 17.6 Å². The summed E-state index contributed by atoms with van der Waals surface area (Å²) in [6, 6.07) is 14.7. The van der Waals surface area contributed by atoms with Crippen LogP contribution in [0.15, 0.2) is 64.1 Å². The minimum Gasteiger partial charge on any atom is -0.451 e. The highest BCUT2D eigenvalue weighted by Gasteiger charge is 2.21. The predicted octanol–water partition coefficient (Wildman–Crippen LogP) is 4.23. The molecule has 2 atom stereocenters. The summed E-state index contributed by atoms with van der Waals surface area (Å²) in [7, 11) is 0. The molecule has 2 unspecified atom stereocenters. The smallest absolute Gasteiger partial charge is 0.326 e. The molecule has 0 aliphatic heterocycles. The number of esters is 1. The number of para-hydroxylation sites is 2. The molecule has 8 heteroatoms. The van der Waals surface area contributed by atoms with Crippen LogP contribution in [0.25, 0.3) is 22.1 Å². The molecule has 2 aromatic heterocycles. The van der Waals surface area contributed by atoms with Crippen molar-refractivity contribution in [1.82, 2.24) is 9.55 Å². The molecule has 8 nitrogen and oxygen atoms in total. The summed E-state index contributed by atoms with van der Waals surface area (Å²) in [6.07, 6.45) is 1.16. The van der Waals surface area contributed by atoms with Crippen molar-refractivity contribution in [1.29, 1.82) is 0 Å². The van der Waals surface area contributed by atoms with Crippen molar-refractivity contribution in [2.24, 2.45) is 0 Å². The predicted molar refractivity (Wildman–Crippen MR) is 125 cm³/mol. The number of hydrogen-bond donors (Lipinski definition) is 1. The standard InChI is InChI=1S/C25H25N3O5/c1-4-15(2)17-9-5-7-11-19(17)27-24(30)16(3)32-21(29)13-28-14-26-22-18-10-6-8-12-20(18)33-23(22)25(28)31/h5-12,14-16H,4,13H2,1-3H3,(H,27,30). The molecule has 1 N–H and O–H groups in total.